The summed E-state index contributed by atoms with van der Waals surface area (Å²) in [6, 6.07) is 11.4. The minimum atomic E-state index is -0.227. The van der Waals surface area contributed by atoms with E-state index < -0.39 is 0 Å². The number of amides is 1. The van der Waals surface area contributed by atoms with Crippen LogP contribution in [-0.2, 0) is 0 Å². The number of fused-ring (bicyclic) bond motifs is 1. The fourth-order valence-corrected chi connectivity index (χ4v) is 4.10. The highest BCUT2D eigenvalue weighted by atomic mass is 32.2. The molecule has 1 fully saturated rings. The van der Waals surface area contributed by atoms with E-state index in [4.69, 9.17) is 4.52 Å². The van der Waals surface area contributed by atoms with Crippen molar-refractivity contribution in [3.63, 3.8) is 0 Å². The zero-order valence-corrected chi connectivity index (χ0v) is 17.4. The highest BCUT2D eigenvalue weighted by molar-refractivity contribution is 7.96. The first-order chi connectivity index (χ1) is 14.6. The Morgan fingerprint density at radius 1 is 1.27 bits per heavy atom. The maximum Gasteiger partial charge on any atom is 0.274 e. The van der Waals surface area contributed by atoms with Crippen LogP contribution in [-0.4, -0.2) is 49.1 Å². The van der Waals surface area contributed by atoms with Gasteiger partial charge in [0.05, 0.1) is 12.1 Å². The zero-order chi connectivity index (χ0) is 20.7. The molecule has 3 aromatic heterocycles. The number of nitrogens with one attached hydrogen (secondary N) is 1. The molecule has 4 heterocycles. The van der Waals surface area contributed by atoms with E-state index in [-0.39, 0.29) is 11.8 Å². The third kappa shape index (κ3) is 3.35. The summed E-state index contributed by atoms with van der Waals surface area (Å²) in [4.78, 5) is 21.7. The molecule has 1 aromatic carbocycles. The number of anilines is 1. The number of aryl methyl sites for hydroxylation is 1. The van der Waals surface area contributed by atoms with E-state index in [1.165, 1.54) is 0 Å². The van der Waals surface area contributed by atoms with Gasteiger partial charge in [-0.15, -0.1) is 0 Å². The van der Waals surface area contributed by atoms with Gasteiger partial charge in [-0.25, -0.2) is 9.29 Å². The van der Waals surface area contributed by atoms with E-state index in [1.54, 1.807) is 22.5 Å². The summed E-state index contributed by atoms with van der Waals surface area (Å²) in [5, 5.41) is 7.13. The lowest BCUT2D eigenvalue weighted by atomic mass is 10.0. The summed E-state index contributed by atoms with van der Waals surface area (Å²) in [7, 11) is 0. The molecule has 0 atom stereocenters. The first kappa shape index (κ1) is 18.8. The standard InChI is InChI=1S/C21H20N6O2S/c1-13-6-7-14(19-24-21(29-25-19)15-11-26(12-15)30-2)9-16(13)23-20(28)17-10-22-18-5-3-4-8-27(17)18/h3-10,15H,11-12H2,1-2H3,(H,23,28). The van der Waals surface area contributed by atoms with Crippen molar-refractivity contribution in [2.75, 3.05) is 24.7 Å². The molecule has 1 N–H and O–H groups in total. The fraction of sp³-hybridized carbons (Fsp3) is 0.238. The number of imidazole rings is 1. The molecule has 0 spiro atoms. The van der Waals surface area contributed by atoms with Crippen LogP contribution in [0.4, 0.5) is 5.69 Å². The number of benzene rings is 1. The average Bonchev–Trinajstić information content (AvgIpc) is 3.36. The summed E-state index contributed by atoms with van der Waals surface area (Å²) in [5.74, 6) is 1.23. The van der Waals surface area contributed by atoms with Gasteiger partial charge in [-0.05, 0) is 36.9 Å². The predicted molar refractivity (Wildman–Crippen MR) is 115 cm³/mol. The maximum absolute atomic E-state index is 12.9. The maximum atomic E-state index is 12.9. The van der Waals surface area contributed by atoms with E-state index >= 15 is 0 Å². The first-order valence-corrected chi connectivity index (χ1v) is 10.8. The second-order valence-electron chi connectivity index (χ2n) is 7.24. The van der Waals surface area contributed by atoms with Crippen molar-refractivity contribution in [2.24, 2.45) is 0 Å². The molecule has 1 aliphatic rings. The molecule has 0 radical (unpaired) electrons. The third-order valence-corrected chi connectivity index (χ3v) is 6.11. The van der Waals surface area contributed by atoms with Crippen LogP contribution in [0.15, 0.2) is 53.3 Å². The van der Waals surface area contributed by atoms with Crippen molar-refractivity contribution in [2.45, 2.75) is 12.8 Å². The Hall–Kier alpha value is -3.17. The minimum Gasteiger partial charge on any atom is -0.339 e. The van der Waals surface area contributed by atoms with Crippen molar-refractivity contribution in [1.82, 2.24) is 23.8 Å². The van der Waals surface area contributed by atoms with Crippen molar-refractivity contribution in [1.29, 1.82) is 0 Å². The lowest BCUT2D eigenvalue weighted by Crippen LogP contribution is -2.39. The molecule has 8 nitrogen and oxygen atoms in total. The summed E-state index contributed by atoms with van der Waals surface area (Å²) in [5.41, 5.74) is 3.64. The van der Waals surface area contributed by atoms with Gasteiger partial charge in [-0.3, -0.25) is 9.20 Å². The Kier molecular flexibility index (Phi) is 4.76. The van der Waals surface area contributed by atoms with Crippen molar-refractivity contribution < 1.29 is 9.32 Å². The quantitative estimate of drug-likeness (QED) is 0.493. The number of hydrogen-bond donors (Lipinski definition) is 1. The van der Waals surface area contributed by atoms with Crippen molar-refractivity contribution in [3.05, 3.63) is 65.9 Å². The summed E-state index contributed by atoms with van der Waals surface area (Å²) >= 11 is 1.72. The van der Waals surface area contributed by atoms with Gasteiger partial charge in [0.1, 0.15) is 11.3 Å². The summed E-state index contributed by atoms with van der Waals surface area (Å²) < 4.78 is 9.48. The largest absolute Gasteiger partial charge is 0.339 e. The van der Waals surface area contributed by atoms with E-state index in [1.807, 2.05) is 49.5 Å². The Morgan fingerprint density at radius 2 is 2.13 bits per heavy atom. The summed E-state index contributed by atoms with van der Waals surface area (Å²) in [6.45, 7) is 3.77. The van der Waals surface area contributed by atoms with Gasteiger partial charge in [-0.2, -0.15) is 4.98 Å². The van der Waals surface area contributed by atoms with Gasteiger partial charge in [0, 0.05) is 30.5 Å². The molecule has 1 saturated heterocycles. The second-order valence-corrected chi connectivity index (χ2v) is 8.12. The lowest BCUT2D eigenvalue weighted by Gasteiger charge is -2.34. The molecular formula is C21H20N6O2S. The number of rotatable bonds is 5. The van der Waals surface area contributed by atoms with Crippen LogP contribution >= 0.6 is 11.9 Å². The third-order valence-electron chi connectivity index (χ3n) is 5.29. The molecule has 1 amide bonds. The van der Waals surface area contributed by atoms with Crippen LogP contribution in [0.2, 0.25) is 0 Å². The van der Waals surface area contributed by atoms with Gasteiger partial charge < -0.3 is 9.84 Å². The van der Waals surface area contributed by atoms with Gasteiger partial charge in [0.15, 0.2) is 0 Å². The van der Waals surface area contributed by atoms with E-state index in [9.17, 15) is 4.79 Å². The van der Waals surface area contributed by atoms with E-state index in [0.29, 0.717) is 23.1 Å². The monoisotopic (exact) mass is 420 g/mol. The number of aromatic nitrogens is 4. The van der Waals surface area contributed by atoms with Crippen LogP contribution in [0.5, 0.6) is 0 Å². The minimum absolute atomic E-state index is 0.227. The second kappa shape index (κ2) is 7.58. The smallest absolute Gasteiger partial charge is 0.274 e. The molecule has 0 saturated carbocycles. The molecule has 4 aromatic rings. The Balaban J connectivity index is 1.38. The molecule has 152 valence electrons. The normalized spacial score (nSPS) is 14.7. The molecular weight excluding hydrogens is 400 g/mol. The number of pyridine rings is 1. The van der Waals surface area contributed by atoms with Gasteiger partial charge in [0.2, 0.25) is 11.7 Å². The Labute approximate surface area is 177 Å². The van der Waals surface area contributed by atoms with Crippen LogP contribution in [0.25, 0.3) is 17.0 Å². The van der Waals surface area contributed by atoms with Gasteiger partial charge in [-0.1, -0.05) is 35.3 Å². The molecule has 0 unspecified atom stereocenters. The molecule has 5 rings (SSSR count). The number of hydrogen-bond acceptors (Lipinski definition) is 7. The number of carbonyl (C=O) groups is 1. The highest BCUT2D eigenvalue weighted by Gasteiger charge is 2.32. The zero-order valence-electron chi connectivity index (χ0n) is 16.6. The van der Waals surface area contributed by atoms with Gasteiger partial charge in [0.25, 0.3) is 5.91 Å². The average molecular weight is 420 g/mol. The number of carbonyl (C=O) groups excluding carboxylic acids is 1. The number of nitrogens with zero attached hydrogens (tertiary/aromatic N) is 5. The van der Waals surface area contributed by atoms with E-state index in [2.05, 4.69) is 31.0 Å². The SMILES string of the molecule is CSN1CC(c2nc(-c3ccc(C)c(NC(=O)c4cnc5ccccn45)c3)no2)C1. The van der Waals surface area contributed by atoms with Crippen LogP contribution in [0.3, 0.4) is 0 Å². The Morgan fingerprint density at radius 3 is 2.97 bits per heavy atom. The molecule has 9 heteroatoms. The van der Waals surface area contributed by atoms with Crippen molar-refractivity contribution >= 4 is 29.2 Å². The van der Waals surface area contributed by atoms with Crippen LogP contribution in [0, 0.1) is 6.92 Å². The van der Waals surface area contributed by atoms with Crippen LogP contribution in [0.1, 0.15) is 27.9 Å². The van der Waals surface area contributed by atoms with Crippen LogP contribution < -0.4 is 5.32 Å². The van der Waals surface area contributed by atoms with Gasteiger partial charge >= 0.3 is 0 Å². The topological polar surface area (TPSA) is 88.6 Å². The molecule has 1 aliphatic heterocycles. The van der Waals surface area contributed by atoms with E-state index in [0.717, 1.165) is 29.9 Å². The Bertz CT molecular complexity index is 1230. The summed E-state index contributed by atoms with van der Waals surface area (Å²) in [6.07, 6.45) is 5.45. The lowest BCUT2D eigenvalue weighted by molar-refractivity contribution is 0.102. The first-order valence-electron chi connectivity index (χ1n) is 9.59. The molecule has 30 heavy (non-hydrogen) atoms. The molecule has 0 bridgehead atoms. The fourth-order valence-electron chi connectivity index (χ4n) is 3.44. The highest BCUT2D eigenvalue weighted by Crippen LogP contribution is 2.31. The van der Waals surface area contributed by atoms with Crippen molar-refractivity contribution in [3.8, 4) is 11.4 Å². The predicted octanol–water partition coefficient (Wildman–Crippen LogP) is 3.62. The molecule has 0 aliphatic carbocycles.